The summed E-state index contributed by atoms with van der Waals surface area (Å²) in [6.45, 7) is 12.1. The van der Waals surface area contributed by atoms with Crippen molar-refractivity contribution in [1.29, 1.82) is 0 Å². The number of rotatable bonds is 18. The number of terminal acetylenes is 1. The topological polar surface area (TPSA) is 155 Å². The Kier molecular flexibility index (Phi) is 13.0. The number of ether oxygens (including phenoxy) is 6. The Balaban J connectivity index is 1.35. The summed E-state index contributed by atoms with van der Waals surface area (Å²) >= 11 is 0. The van der Waals surface area contributed by atoms with E-state index in [2.05, 4.69) is 53.2 Å². The van der Waals surface area contributed by atoms with Crippen LogP contribution < -0.4 is 15.2 Å². The summed E-state index contributed by atoms with van der Waals surface area (Å²) in [5.74, 6) is 3.85. The van der Waals surface area contributed by atoms with Gasteiger partial charge in [-0.3, -0.25) is 14.0 Å². The zero-order valence-electron chi connectivity index (χ0n) is 36.0. The number of carbonyl (C=O) groups is 1. The fourth-order valence-electron chi connectivity index (χ4n) is 8.39. The first kappa shape index (κ1) is 43.9. The summed E-state index contributed by atoms with van der Waals surface area (Å²) in [6.07, 6.45) is 6.71. The largest absolute Gasteiger partial charge is 0.497 e. The zero-order valence-corrected chi connectivity index (χ0v) is 36.9. The molecule has 2 saturated heterocycles. The van der Waals surface area contributed by atoms with E-state index in [9.17, 15) is 4.79 Å². The van der Waals surface area contributed by atoms with Crippen molar-refractivity contribution in [3.63, 3.8) is 0 Å². The van der Waals surface area contributed by atoms with Crippen molar-refractivity contribution in [2.75, 3.05) is 39.3 Å². The number of nitrogens with zero attached hydrogens (tertiary/aromatic N) is 5. The van der Waals surface area contributed by atoms with Crippen molar-refractivity contribution in [1.82, 2.24) is 24.2 Å². The molecule has 2 aliphatic heterocycles. The molecule has 61 heavy (non-hydrogen) atoms. The quantitative estimate of drug-likeness (QED) is 0.0408. The molecule has 7 rings (SSSR count). The fourth-order valence-corrected chi connectivity index (χ4v) is 10.6. The van der Waals surface area contributed by atoms with E-state index in [1.165, 1.54) is 6.33 Å². The molecule has 15 heteroatoms. The highest BCUT2D eigenvalue weighted by Crippen LogP contribution is 2.56. The van der Waals surface area contributed by atoms with Gasteiger partial charge in [0.15, 0.2) is 17.7 Å². The molecule has 2 aliphatic rings. The molecule has 2 fully saturated rings. The zero-order chi connectivity index (χ0) is 43.5. The summed E-state index contributed by atoms with van der Waals surface area (Å²) in [4.78, 5) is 27.1. The number of carbonyl (C=O) groups excluding carboxylic acids is 1. The lowest BCUT2D eigenvalue weighted by molar-refractivity contribution is -0.201. The van der Waals surface area contributed by atoms with Gasteiger partial charge in [0.1, 0.15) is 66.8 Å². The molecule has 0 amide bonds. The van der Waals surface area contributed by atoms with Gasteiger partial charge in [-0.1, -0.05) is 54.6 Å². The van der Waals surface area contributed by atoms with Crippen LogP contribution in [-0.2, 0) is 33.9 Å². The summed E-state index contributed by atoms with van der Waals surface area (Å²) in [7, 11) is 1.61. The van der Waals surface area contributed by atoms with Gasteiger partial charge in [-0.15, -0.1) is 12.3 Å². The highest BCUT2D eigenvalue weighted by molar-refractivity contribution is 7.51. The second-order valence-corrected chi connectivity index (χ2v) is 18.1. The molecule has 322 valence electrons. The van der Waals surface area contributed by atoms with Gasteiger partial charge in [-0.25, -0.2) is 15.0 Å². The number of aromatic nitrogens is 4. The maximum absolute atomic E-state index is 13.8. The Hall–Kier alpha value is -5.13. The number of hydrogen-bond donors (Lipinski definition) is 1. The van der Waals surface area contributed by atoms with Gasteiger partial charge in [0.25, 0.3) is 0 Å². The van der Waals surface area contributed by atoms with E-state index < -0.39 is 49.5 Å². The number of imidazole rings is 1. The standard InChI is InChI=1S/C46H55N6O8P/c1-10-24-44(6,7)58-37(53)25-61(52(30(2)3)31(4)5)60-40-39-43(51-29-50-38-41(47)48-28-49-42(38)51)59-45(40,26-56-39)27-57-46(32-14-12-11-13-15-32,33-16-20-35(54-8)21-17-33)34-18-22-36(55-9)23-19-34/h1,11-23,28-31,39-40,43H,24-27H2,2-9H3,(H2,47,48,49)/t39?,40-,43-,45-,61?/m1/s1. The summed E-state index contributed by atoms with van der Waals surface area (Å²) in [6, 6.07) is 25.8. The molecule has 5 atom stereocenters. The number of fused-ring (bicyclic) bond motifs is 3. The Morgan fingerprint density at radius 2 is 1.56 bits per heavy atom. The van der Waals surface area contributed by atoms with Gasteiger partial charge >= 0.3 is 5.97 Å². The Bertz CT molecular complexity index is 2260. The van der Waals surface area contributed by atoms with Crippen molar-refractivity contribution in [3.05, 3.63) is 108 Å². The molecule has 14 nitrogen and oxygen atoms in total. The first-order valence-electron chi connectivity index (χ1n) is 20.3. The Morgan fingerprint density at radius 3 is 2.13 bits per heavy atom. The van der Waals surface area contributed by atoms with E-state index in [0.717, 1.165) is 16.7 Å². The molecule has 0 aliphatic carbocycles. The second-order valence-electron chi connectivity index (χ2n) is 16.4. The predicted octanol–water partition coefficient (Wildman–Crippen LogP) is 7.26. The first-order chi connectivity index (χ1) is 29.3. The van der Waals surface area contributed by atoms with Gasteiger partial charge < -0.3 is 38.7 Å². The lowest BCUT2D eigenvalue weighted by atomic mass is 9.79. The third kappa shape index (κ3) is 8.69. The van der Waals surface area contributed by atoms with Crippen LogP contribution in [0.5, 0.6) is 11.5 Å². The van der Waals surface area contributed by atoms with Crippen LogP contribution in [0.3, 0.4) is 0 Å². The van der Waals surface area contributed by atoms with Crippen molar-refractivity contribution in [2.45, 2.75) is 95.3 Å². The maximum atomic E-state index is 13.8. The van der Waals surface area contributed by atoms with E-state index in [1.54, 1.807) is 25.1 Å². The average Bonchev–Trinajstić information content (AvgIpc) is 3.91. The minimum absolute atomic E-state index is 0.00640. The molecule has 3 aromatic carbocycles. The molecule has 5 aromatic rings. The minimum Gasteiger partial charge on any atom is -0.497 e. The molecule has 0 radical (unpaired) electrons. The average molecular weight is 851 g/mol. The van der Waals surface area contributed by atoms with Crippen LogP contribution in [0.4, 0.5) is 5.82 Å². The highest BCUT2D eigenvalue weighted by atomic mass is 31.2. The summed E-state index contributed by atoms with van der Waals surface area (Å²) < 4.78 is 49.9. The molecule has 2 aromatic heterocycles. The van der Waals surface area contributed by atoms with E-state index in [4.69, 9.17) is 45.1 Å². The number of methoxy groups -OCH3 is 2. The van der Waals surface area contributed by atoms with Crippen LogP contribution in [-0.4, -0.2) is 99.2 Å². The Morgan fingerprint density at radius 1 is 0.951 bits per heavy atom. The molecule has 2 bridgehead atoms. The van der Waals surface area contributed by atoms with Gasteiger partial charge in [0.05, 0.1) is 33.8 Å². The fraction of sp³-hybridized carbons (Fsp3) is 0.435. The number of hydrogen-bond acceptors (Lipinski definition) is 13. The molecule has 0 spiro atoms. The number of nitrogen functional groups attached to an aromatic ring is 1. The summed E-state index contributed by atoms with van der Waals surface area (Å²) in [5.41, 5.74) is 6.48. The van der Waals surface area contributed by atoms with E-state index in [-0.39, 0.29) is 43.7 Å². The van der Waals surface area contributed by atoms with Gasteiger partial charge in [0, 0.05) is 18.5 Å². The first-order valence-corrected chi connectivity index (χ1v) is 21.7. The lowest BCUT2D eigenvalue weighted by Gasteiger charge is -2.42. The number of benzene rings is 3. The van der Waals surface area contributed by atoms with Crippen molar-refractivity contribution in [3.8, 4) is 23.8 Å². The number of nitrogens with two attached hydrogens (primary N) is 1. The molecule has 2 N–H and O–H groups in total. The summed E-state index contributed by atoms with van der Waals surface area (Å²) in [5, 5.41) is 0. The third-order valence-electron chi connectivity index (χ3n) is 11.1. The lowest BCUT2D eigenvalue weighted by Crippen LogP contribution is -2.49. The van der Waals surface area contributed by atoms with Gasteiger partial charge in [-0.2, -0.15) is 0 Å². The molecule has 4 heterocycles. The van der Waals surface area contributed by atoms with Crippen LogP contribution in [0.25, 0.3) is 11.2 Å². The second kappa shape index (κ2) is 18.1. The number of anilines is 1. The van der Waals surface area contributed by atoms with Crippen molar-refractivity contribution < 1.29 is 37.7 Å². The van der Waals surface area contributed by atoms with E-state index >= 15 is 0 Å². The third-order valence-corrected chi connectivity index (χ3v) is 13.5. The minimum atomic E-state index is -1.67. The van der Waals surface area contributed by atoms with E-state index in [0.29, 0.717) is 22.7 Å². The predicted molar refractivity (Wildman–Crippen MR) is 233 cm³/mol. The maximum Gasteiger partial charge on any atom is 0.314 e. The Labute approximate surface area is 358 Å². The van der Waals surface area contributed by atoms with Crippen LogP contribution >= 0.6 is 8.30 Å². The number of esters is 1. The van der Waals surface area contributed by atoms with Gasteiger partial charge in [-0.05, 0) is 82.5 Å². The molecule has 0 saturated carbocycles. The van der Waals surface area contributed by atoms with E-state index in [1.807, 2.05) is 92.7 Å². The monoisotopic (exact) mass is 850 g/mol. The van der Waals surface area contributed by atoms with Crippen LogP contribution in [0.1, 0.15) is 70.9 Å². The normalized spacial score (nSPS) is 20.7. The molecular formula is C46H55N6O8P. The molecular weight excluding hydrogens is 796 g/mol. The van der Waals surface area contributed by atoms with Crippen molar-refractivity contribution in [2.24, 2.45) is 0 Å². The van der Waals surface area contributed by atoms with Crippen LogP contribution in [0, 0.1) is 12.3 Å². The van der Waals surface area contributed by atoms with Crippen LogP contribution in [0.15, 0.2) is 91.5 Å². The highest BCUT2D eigenvalue weighted by Gasteiger charge is 2.65. The van der Waals surface area contributed by atoms with Crippen LogP contribution in [0.2, 0.25) is 0 Å². The van der Waals surface area contributed by atoms with Gasteiger partial charge in [0.2, 0.25) is 0 Å². The smallest absolute Gasteiger partial charge is 0.314 e. The van der Waals surface area contributed by atoms with Crippen molar-refractivity contribution >= 4 is 31.3 Å². The molecule has 2 unspecified atom stereocenters. The SMILES string of the molecule is C#CCC(C)(C)OC(=O)CP(O[C@@H]1C2OC[C@]1(COC(c1ccccc1)(c1ccc(OC)cc1)c1ccc(OC)cc1)O[C@H]2n1cnc2c(N)ncnc21)N(C(C)C)C(C)C.